The maximum Gasteiger partial charge on any atom is -0.0163 e. The minimum absolute atomic E-state index is 0.856. The molecule has 0 N–H and O–H groups in total. The highest BCUT2D eigenvalue weighted by molar-refractivity contribution is 5.25. The SMILES string of the molecule is CCCC1=CC=C(C)CC1CCC. The lowest BCUT2D eigenvalue weighted by atomic mass is 9.83. The molecule has 13 heavy (non-hydrogen) atoms. The third-order valence-electron chi connectivity index (χ3n) is 2.85. The predicted molar refractivity (Wildman–Crippen MR) is 59.8 cm³/mol. The van der Waals surface area contributed by atoms with Gasteiger partial charge in [-0.3, -0.25) is 0 Å². The van der Waals surface area contributed by atoms with Crippen LogP contribution in [0.25, 0.3) is 0 Å². The molecule has 1 atom stereocenters. The Morgan fingerprint density at radius 2 is 2.00 bits per heavy atom. The molecule has 0 heterocycles. The van der Waals surface area contributed by atoms with Crippen molar-refractivity contribution in [3.8, 4) is 0 Å². The molecule has 0 saturated carbocycles. The second kappa shape index (κ2) is 5.26. The summed E-state index contributed by atoms with van der Waals surface area (Å²) in [5, 5.41) is 0. The molecular weight excluding hydrogens is 156 g/mol. The number of hydrogen-bond donors (Lipinski definition) is 0. The Hall–Kier alpha value is -0.520. The van der Waals surface area contributed by atoms with Crippen molar-refractivity contribution in [1.82, 2.24) is 0 Å². The van der Waals surface area contributed by atoms with Crippen molar-refractivity contribution < 1.29 is 0 Å². The van der Waals surface area contributed by atoms with Crippen LogP contribution in [-0.2, 0) is 0 Å². The van der Waals surface area contributed by atoms with Crippen LogP contribution in [0.4, 0.5) is 0 Å². The molecule has 0 bridgehead atoms. The standard InChI is InChI=1S/C13H22/c1-4-6-12-9-8-11(3)10-13(12)7-5-2/h8-9,13H,4-7,10H2,1-3H3. The smallest absolute Gasteiger partial charge is 0.0163 e. The Morgan fingerprint density at radius 3 is 2.62 bits per heavy atom. The molecule has 0 nitrogen and oxygen atoms in total. The molecule has 0 aromatic heterocycles. The Kier molecular flexibility index (Phi) is 4.27. The van der Waals surface area contributed by atoms with Crippen molar-refractivity contribution in [3.63, 3.8) is 0 Å². The lowest BCUT2D eigenvalue weighted by Gasteiger charge is -2.23. The molecule has 0 fully saturated rings. The van der Waals surface area contributed by atoms with E-state index in [0.29, 0.717) is 0 Å². The first-order valence-electron chi connectivity index (χ1n) is 5.64. The molecule has 0 heteroatoms. The Bertz CT molecular complexity index is 208. The number of allylic oxidation sites excluding steroid dienone is 4. The van der Waals surface area contributed by atoms with Crippen molar-refractivity contribution in [1.29, 1.82) is 0 Å². The zero-order valence-electron chi connectivity index (χ0n) is 9.27. The normalized spacial score (nSPS) is 22.5. The van der Waals surface area contributed by atoms with Crippen LogP contribution in [0.1, 0.15) is 52.9 Å². The minimum Gasteiger partial charge on any atom is -0.0727 e. The third kappa shape index (κ3) is 3.02. The summed E-state index contributed by atoms with van der Waals surface area (Å²) >= 11 is 0. The van der Waals surface area contributed by atoms with Gasteiger partial charge in [-0.2, -0.15) is 0 Å². The molecule has 0 aliphatic heterocycles. The molecular formula is C13H22. The van der Waals surface area contributed by atoms with Gasteiger partial charge in [0.2, 0.25) is 0 Å². The van der Waals surface area contributed by atoms with Gasteiger partial charge < -0.3 is 0 Å². The van der Waals surface area contributed by atoms with Gasteiger partial charge >= 0.3 is 0 Å². The van der Waals surface area contributed by atoms with Gasteiger partial charge in [0.05, 0.1) is 0 Å². The van der Waals surface area contributed by atoms with E-state index in [1.165, 1.54) is 32.1 Å². The van der Waals surface area contributed by atoms with Crippen molar-refractivity contribution in [2.24, 2.45) is 5.92 Å². The summed E-state index contributed by atoms with van der Waals surface area (Å²) < 4.78 is 0. The fourth-order valence-electron chi connectivity index (χ4n) is 2.19. The van der Waals surface area contributed by atoms with Gasteiger partial charge in [0, 0.05) is 0 Å². The molecule has 0 aromatic rings. The molecule has 0 saturated heterocycles. The van der Waals surface area contributed by atoms with Crippen molar-refractivity contribution in [3.05, 3.63) is 23.3 Å². The average Bonchev–Trinajstić information content (AvgIpc) is 2.10. The zero-order chi connectivity index (χ0) is 9.68. The van der Waals surface area contributed by atoms with E-state index in [1.54, 1.807) is 11.1 Å². The molecule has 0 radical (unpaired) electrons. The molecule has 0 aromatic carbocycles. The third-order valence-corrected chi connectivity index (χ3v) is 2.85. The lowest BCUT2D eigenvalue weighted by molar-refractivity contribution is 0.519. The lowest BCUT2D eigenvalue weighted by Crippen LogP contribution is -2.08. The van der Waals surface area contributed by atoms with Gasteiger partial charge in [-0.05, 0) is 32.1 Å². The predicted octanol–water partition coefficient (Wildman–Crippen LogP) is 4.48. The summed E-state index contributed by atoms with van der Waals surface area (Å²) in [6.45, 7) is 6.81. The monoisotopic (exact) mass is 178 g/mol. The minimum atomic E-state index is 0.856. The number of rotatable bonds is 4. The first kappa shape index (κ1) is 10.6. The molecule has 0 spiro atoms. The van der Waals surface area contributed by atoms with E-state index < -0.39 is 0 Å². The van der Waals surface area contributed by atoms with Gasteiger partial charge in [0.15, 0.2) is 0 Å². The Labute approximate surface area is 82.7 Å². The fraction of sp³-hybridized carbons (Fsp3) is 0.692. The van der Waals surface area contributed by atoms with Crippen LogP contribution >= 0.6 is 0 Å². The van der Waals surface area contributed by atoms with Crippen LogP contribution in [0.15, 0.2) is 23.3 Å². The van der Waals surface area contributed by atoms with Gasteiger partial charge in [0.25, 0.3) is 0 Å². The highest BCUT2D eigenvalue weighted by atomic mass is 14.2. The summed E-state index contributed by atoms with van der Waals surface area (Å²) in [5.41, 5.74) is 3.24. The average molecular weight is 178 g/mol. The molecule has 1 unspecified atom stereocenters. The topological polar surface area (TPSA) is 0 Å². The molecule has 1 rings (SSSR count). The van der Waals surface area contributed by atoms with E-state index in [0.717, 1.165) is 5.92 Å². The fourth-order valence-corrected chi connectivity index (χ4v) is 2.19. The molecule has 0 amide bonds. The largest absolute Gasteiger partial charge is 0.0727 e. The maximum absolute atomic E-state index is 2.36. The Morgan fingerprint density at radius 1 is 1.23 bits per heavy atom. The highest BCUT2D eigenvalue weighted by Crippen LogP contribution is 2.31. The van der Waals surface area contributed by atoms with Crippen LogP contribution in [0.3, 0.4) is 0 Å². The quantitative estimate of drug-likeness (QED) is 0.595. The van der Waals surface area contributed by atoms with Crippen molar-refractivity contribution >= 4 is 0 Å². The van der Waals surface area contributed by atoms with E-state index in [2.05, 4.69) is 32.9 Å². The summed E-state index contributed by atoms with van der Waals surface area (Å²) in [6.07, 6.45) is 11.3. The molecule has 1 aliphatic carbocycles. The van der Waals surface area contributed by atoms with Crippen molar-refractivity contribution in [2.75, 3.05) is 0 Å². The van der Waals surface area contributed by atoms with Crippen LogP contribution < -0.4 is 0 Å². The van der Waals surface area contributed by atoms with Crippen molar-refractivity contribution in [2.45, 2.75) is 52.9 Å². The molecule has 74 valence electrons. The first-order valence-corrected chi connectivity index (χ1v) is 5.64. The van der Waals surface area contributed by atoms with E-state index in [-0.39, 0.29) is 0 Å². The van der Waals surface area contributed by atoms with Gasteiger partial charge in [-0.15, -0.1) is 0 Å². The maximum atomic E-state index is 2.36. The second-order valence-corrected chi connectivity index (χ2v) is 4.19. The van der Waals surface area contributed by atoms with E-state index in [4.69, 9.17) is 0 Å². The van der Waals surface area contributed by atoms with Crippen LogP contribution in [0.5, 0.6) is 0 Å². The Balaban J connectivity index is 2.62. The van der Waals surface area contributed by atoms with Gasteiger partial charge in [-0.1, -0.05) is 50.0 Å². The summed E-state index contributed by atoms with van der Waals surface area (Å²) in [5.74, 6) is 0.856. The van der Waals surface area contributed by atoms with Gasteiger partial charge in [-0.25, -0.2) is 0 Å². The summed E-state index contributed by atoms with van der Waals surface area (Å²) in [6, 6.07) is 0. The number of hydrogen-bond acceptors (Lipinski definition) is 0. The summed E-state index contributed by atoms with van der Waals surface area (Å²) in [7, 11) is 0. The highest BCUT2D eigenvalue weighted by Gasteiger charge is 2.15. The van der Waals surface area contributed by atoms with Crippen LogP contribution in [-0.4, -0.2) is 0 Å². The van der Waals surface area contributed by atoms with Crippen LogP contribution in [0, 0.1) is 5.92 Å². The zero-order valence-corrected chi connectivity index (χ0v) is 9.27. The van der Waals surface area contributed by atoms with E-state index in [9.17, 15) is 0 Å². The summed E-state index contributed by atoms with van der Waals surface area (Å²) in [4.78, 5) is 0. The molecule has 1 aliphatic rings. The van der Waals surface area contributed by atoms with E-state index in [1.807, 2.05) is 0 Å². The second-order valence-electron chi connectivity index (χ2n) is 4.19. The van der Waals surface area contributed by atoms with Crippen LogP contribution in [0.2, 0.25) is 0 Å². The van der Waals surface area contributed by atoms with Gasteiger partial charge in [0.1, 0.15) is 0 Å². The van der Waals surface area contributed by atoms with E-state index >= 15 is 0 Å². The first-order chi connectivity index (χ1) is 6.27.